The van der Waals surface area contributed by atoms with Gasteiger partial charge < -0.3 is 13.7 Å². The molecule has 7 heteroatoms. The van der Waals surface area contributed by atoms with E-state index in [0.29, 0.717) is 23.5 Å². The van der Waals surface area contributed by atoms with E-state index in [-0.39, 0.29) is 5.76 Å². The monoisotopic (exact) mass is 488 g/mol. The SMILES string of the molecule is Cc1cc(/C=N/NC(=O)c2cc3ccccc3o2)c(C)n1-c1ccc(OCc2ccccc2C#N)cc1. The van der Waals surface area contributed by atoms with Crippen molar-refractivity contribution in [2.45, 2.75) is 20.5 Å². The maximum Gasteiger partial charge on any atom is 0.307 e. The number of benzene rings is 3. The number of aromatic nitrogens is 1. The number of nitrogens with one attached hydrogen (secondary N) is 1. The summed E-state index contributed by atoms with van der Waals surface area (Å²) in [7, 11) is 0. The first-order valence-electron chi connectivity index (χ1n) is 11.8. The highest BCUT2D eigenvalue weighted by molar-refractivity contribution is 5.96. The lowest BCUT2D eigenvalue weighted by atomic mass is 10.1. The van der Waals surface area contributed by atoms with Gasteiger partial charge in [-0.3, -0.25) is 4.79 Å². The molecule has 7 nitrogen and oxygen atoms in total. The van der Waals surface area contributed by atoms with Gasteiger partial charge in [0.05, 0.1) is 17.8 Å². The maximum absolute atomic E-state index is 12.4. The summed E-state index contributed by atoms with van der Waals surface area (Å²) in [6.45, 7) is 4.34. The molecule has 0 atom stereocenters. The number of amides is 1. The fourth-order valence-electron chi connectivity index (χ4n) is 4.23. The van der Waals surface area contributed by atoms with Gasteiger partial charge in [0.15, 0.2) is 5.76 Å². The van der Waals surface area contributed by atoms with E-state index in [1.165, 1.54) is 0 Å². The number of hydrazone groups is 1. The van der Waals surface area contributed by atoms with Crippen molar-refractivity contribution < 1.29 is 13.9 Å². The Kier molecular flexibility index (Phi) is 6.56. The first-order chi connectivity index (χ1) is 18.0. The molecular formula is C30H24N4O3. The van der Waals surface area contributed by atoms with Crippen LogP contribution in [0.25, 0.3) is 16.7 Å². The molecule has 5 rings (SSSR count). The van der Waals surface area contributed by atoms with Gasteiger partial charge in [-0.15, -0.1) is 0 Å². The number of carbonyl (C=O) groups excluding carboxylic acids is 1. The Morgan fingerprint density at radius 1 is 1.05 bits per heavy atom. The molecule has 5 aromatic rings. The van der Waals surface area contributed by atoms with Gasteiger partial charge in [0.1, 0.15) is 17.9 Å². The average molecular weight is 489 g/mol. The second-order valence-electron chi connectivity index (χ2n) is 8.56. The van der Waals surface area contributed by atoms with E-state index < -0.39 is 5.91 Å². The van der Waals surface area contributed by atoms with Crippen LogP contribution in [0.15, 0.2) is 94.4 Å². The molecule has 0 radical (unpaired) electrons. The summed E-state index contributed by atoms with van der Waals surface area (Å²) in [6, 6.07) is 28.5. The zero-order chi connectivity index (χ0) is 25.8. The van der Waals surface area contributed by atoms with Crippen LogP contribution < -0.4 is 10.2 Å². The Hall–Kier alpha value is -5.09. The number of nitrogens with zero attached hydrogens (tertiary/aromatic N) is 3. The number of ether oxygens (including phenoxy) is 1. The van der Waals surface area contributed by atoms with E-state index in [0.717, 1.165) is 33.6 Å². The topological polar surface area (TPSA) is 92.6 Å². The van der Waals surface area contributed by atoms with Crippen LogP contribution in [0.1, 0.15) is 38.6 Å². The first kappa shape index (κ1) is 23.6. The Labute approximate surface area is 214 Å². The van der Waals surface area contributed by atoms with E-state index in [1.807, 2.05) is 86.6 Å². The molecule has 182 valence electrons. The summed E-state index contributed by atoms with van der Waals surface area (Å²) in [4.78, 5) is 12.4. The number of para-hydroxylation sites is 1. The van der Waals surface area contributed by atoms with Crippen LogP contribution in [0.2, 0.25) is 0 Å². The predicted octanol–water partition coefficient (Wildman–Crippen LogP) is 6.05. The minimum atomic E-state index is -0.408. The number of aryl methyl sites for hydroxylation is 1. The van der Waals surface area contributed by atoms with E-state index >= 15 is 0 Å². The number of carbonyl (C=O) groups is 1. The van der Waals surface area contributed by atoms with Gasteiger partial charge in [-0.05, 0) is 62.4 Å². The largest absolute Gasteiger partial charge is 0.489 e. The Balaban J connectivity index is 1.26. The molecule has 0 spiro atoms. The second kappa shape index (κ2) is 10.3. The lowest BCUT2D eigenvalue weighted by Gasteiger charge is -2.12. The van der Waals surface area contributed by atoms with Crippen molar-refractivity contribution in [3.05, 3.63) is 119 Å². The van der Waals surface area contributed by atoms with Gasteiger partial charge in [-0.2, -0.15) is 10.4 Å². The number of fused-ring (bicyclic) bond motifs is 1. The molecule has 0 unspecified atom stereocenters. The fourth-order valence-corrected chi connectivity index (χ4v) is 4.23. The third-order valence-corrected chi connectivity index (χ3v) is 6.12. The van der Waals surface area contributed by atoms with E-state index in [1.54, 1.807) is 18.3 Å². The minimum absolute atomic E-state index is 0.210. The molecule has 2 aromatic heterocycles. The average Bonchev–Trinajstić information content (AvgIpc) is 3.48. The molecule has 0 aliphatic heterocycles. The van der Waals surface area contributed by atoms with Gasteiger partial charge in [-0.25, -0.2) is 5.43 Å². The number of hydrogen-bond acceptors (Lipinski definition) is 5. The number of rotatable bonds is 7. The normalized spacial score (nSPS) is 11.1. The smallest absolute Gasteiger partial charge is 0.307 e. The highest BCUT2D eigenvalue weighted by atomic mass is 16.5. The third kappa shape index (κ3) is 5.00. The van der Waals surface area contributed by atoms with Crippen molar-refractivity contribution in [1.29, 1.82) is 5.26 Å². The van der Waals surface area contributed by atoms with Crippen LogP contribution in [-0.2, 0) is 6.61 Å². The third-order valence-electron chi connectivity index (χ3n) is 6.12. The van der Waals surface area contributed by atoms with Gasteiger partial charge >= 0.3 is 5.91 Å². The Morgan fingerprint density at radius 2 is 1.81 bits per heavy atom. The lowest BCUT2D eigenvalue weighted by molar-refractivity contribution is 0.0929. The minimum Gasteiger partial charge on any atom is -0.489 e. The molecule has 1 N–H and O–H groups in total. The summed E-state index contributed by atoms with van der Waals surface area (Å²) in [5.41, 5.74) is 8.53. The highest BCUT2D eigenvalue weighted by Gasteiger charge is 2.13. The van der Waals surface area contributed by atoms with Crippen LogP contribution in [0, 0.1) is 25.2 Å². The van der Waals surface area contributed by atoms with Crippen molar-refractivity contribution in [2.75, 3.05) is 0 Å². The van der Waals surface area contributed by atoms with Crippen LogP contribution in [0.3, 0.4) is 0 Å². The van der Waals surface area contributed by atoms with E-state index in [4.69, 9.17) is 9.15 Å². The highest BCUT2D eigenvalue weighted by Crippen LogP contribution is 2.23. The summed E-state index contributed by atoms with van der Waals surface area (Å²) in [6.07, 6.45) is 1.63. The zero-order valence-corrected chi connectivity index (χ0v) is 20.4. The van der Waals surface area contributed by atoms with Crippen molar-refractivity contribution in [3.63, 3.8) is 0 Å². The molecule has 0 aliphatic carbocycles. The molecule has 2 heterocycles. The molecule has 0 saturated heterocycles. The molecule has 0 fully saturated rings. The zero-order valence-electron chi connectivity index (χ0n) is 20.4. The quantitative estimate of drug-likeness (QED) is 0.223. The molecule has 0 aliphatic rings. The number of furan rings is 1. The number of nitriles is 1. The van der Waals surface area contributed by atoms with E-state index in [2.05, 4.69) is 21.2 Å². The maximum atomic E-state index is 12.4. The molecule has 0 bridgehead atoms. The fraction of sp³-hybridized carbons (Fsp3) is 0.100. The van der Waals surface area contributed by atoms with Crippen molar-refractivity contribution in [2.24, 2.45) is 5.10 Å². The summed E-state index contributed by atoms with van der Waals surface area (Å²) < 4.78 is 13.6. The molecular weight excluding hydrogens is 464 g/mol. The molecule has 37 heavy (non-hydrogen) atoms. The van der Waals surface area contributed by atoms with Crippen molar-refractivity contribution in [3.8, 4) is 17.5 Å². The van der Waals surface area contributed by atoms with Gasteiger partial charge in [-0.1, -0.05) is 36.4 Å². The van der Waals surface area contributed by atoms with Gasteiger partial charge in [0.25, 0.3) is 0 Å². The van der Waals surface area contributed by atoms with Crippen molar-refractivity contribution >= 4 is 23.1 Å². The summed E-state index contributed by atoms with van der Waals surface area (Å²) in [5, 5.41) is 14.3. The predicted molar refractivity (Wildman–Crippen MR) is 142 cm³/mol. The Bertz CT molecular complexity index is 1620. The van der Waals surface area contributed by atoms with Gasteiger partial charge in [0, 0.05) is 33.6 Å². The van der Waals surface area contributed by atoms with Crippen LogP contribution >= 0.6 is 0 Å². The molecule has 0 saturated carbocycles. The van der Waals surface area contributed by atoms with Crippen molar-refractivity contribution in [1.82, 2.24) is 9.99 Å². The standard InChI is InChI=1S/C30H24N4O3/c1-20-15-25(18-32-33-30(35)29-16-22-7-5-6-10-28(22)37-29)21(2)34(20)26-11-13-27(14-12-26)36-19-24-9-4-3-8-23(24)17-31/h3-16,18H,19H2,1-2H3,(H,33,35)/b32-18+. The lowest BCUT2D eigenvalue weighted by Crippen LogP contribution is -2.16. The first-order valence-corrected chi connectivity index (χ1v) is 11.8. The van der Waals surface area contributed by atoms with Crippen LogP contribution in [-0.4, -0.2) is 16.7 Å². The van der Waals surface area contributed by atoms with Gasteiger partial charge in [0.2, 0.25) is 0 Å². The molecule has 3 aromatic carbocycles. The summed E-state index contributed by atoms with van der Waals surface area (Å²) >= 11 is 0. The number of hydrogen-bond donors (Lipinski definition) is 1. The van der Waals surface area contributed by atoms with E-state index in [9.17, 15) is 10.1 Å². The van der Waals surface area contributed by atoms with Crippen LogP contribution in [0.5, 0.6) is 5.75 Å². The Morgan fingerprint density at radius 3 is 2.59 bits per heavy atom. The second-order valence-corrected chi connectivity index (χ2v) is 8.56. The summed E-state index contributed by atoms with van der Waals surface area (Å²) in [5.74, 6) is 0.519. The van der Waals surface area contributed by atoms with Crippen LogP contribution in [0.4, 0.5) is 0 Å². The molecule has 1 amide bonds.